The summed E-state index contributed by atoms with van der Waals surface area (Å²) >= 11 is 0. The minimum atomic E-state index is -0.418. The lowest BCUT2D eigenvalue weighted by Gasteiger charge is -2.06. The number of benzene rings is 1. The van der Waals surface area contributed by atoms with Crippen molar-refractivity contribution >= 4 is 11.9 Å². The molecule has 2 heterocycles. The Bertz CT molecular complexity index is 841. The summed E-state index contributed by atoms with van der Waals surface area (Å²) in [6.45, 7) is 6.23. The third kappa shape index (κ3) is 3.51. The van der Waals surface area contributed by atoms with Crippen molar-refractivity contribution in [2.45, 2.75) is 27.2 Å². The molecule has 0 bridgehead atoms. The van der Waals surface area contributed by atoms with Gasteiger partial charge in [-0.2, -0.15) is 0 Å². The van der Waals surface area contributed by atoms with Crippen molar-refractivity contribution < 1.29 is 23.8 Å². The molecule has 3 rings (SSSR count). The van der Waals surface area contributed by atoms with Gasteiger partial charge in [0.1, 0.15) is 5.69 Å². The zero-order valence-electron chi connectivity index (χ0n) is 15.1. The minimum absolute atomic E-state index is 0.240. The van der Waals surface area contributed by atoms with E-state index in [-0.39, 0.29) is 12.7 Å². The first-order valence-electron chi connectivity index (χ1n) is 8.54. The highest BCUT2D eigenvalue weighted by atomic mass is 16.7. The third-order valence-corrected chi connectivity index (χ3v) is 4.28. The van der Waals surface area contributed by atoms with Crippen LogP contribution in [0.2, 0.25) is 0 Å². The largest absolute Gasteiger partial charge is 0.462 e. The van der Waals surface area contributed by atoms with E-state index in [0.29, 0.717) is 42.1 Å². The van der Waals surface area contributed by atoms with Gasteiger partial charge < -0.3 is 24.5 Å². The fourth-order valence-corrected chi connectivity index (χ4v) is 2.99. The van der Waals surface area contributed by atoms with Gasteiger partial charge in [-0.3, -0.25) is 4.79 Å². The lowest BCUT2D eigenvalue weighted by molar-refractivity contribution is 0.0525. The Morgan fingerprint density at radius 2 is 2.00 bits per heavy atom. The van der Waals surface area contributed by atoms with Crippen LogP contribution in [0.25, 0.3) is 0 Å². The van der Waals surface area contributed by atoms with E-state index in [9.17, 15) is 9.59 Å². The van der Waals surface area contributed by atoms with Gasteiger partial charge in [0, 0.05) is 12.2 Å². The summed E-state index contributed by atoms with van der Waals surface area (Å²) in [6, 6.07) is 5.73. The highest BCUT2D eigenvalue weighted by Crippen LogP contribution is 2.32. The Hall–Kier alpha value is -2.96. The predicted octanol–water partition coefficient (Wildman–Crippen LogP) is 2.51. The van der Waals surface area contributed by atoms with Crippen molar-refractivity contribution in [1.82, 2.24) is 10.3 Å². The molecule has 0 atom stereocenters. The average molecular weight is 358 g/mol. The van der Waals surface area contributed by atoms with Crippen LogP contribution in [0.3, 0.4) is 0 Å². The second kappa shape index (κ2) is 7.51. The Labute approximate surface area is 151 Å². The maximum absolute atomic E-state index is 12.4. The molecule has 0 fully saturated rings. The molecule has 0 saturated carbocycles. The number of carbonyl (C=O) groups excluding carboxylic acids is 2. The number of H-pyrrole nitrogens is 1. The smallest absolute Gasteiger partial charge is 0.340 e. The standard InChI is InChI=1S/C19H22N2O5/c1-4-24-19(23)16-11(2)17(21-12(16)3)18(22)20-8-7-13-5-6-14-15(9-13)26-10-25-14/h5-6,9,21H,4,7-8,10H2,1-3H3,(H,20,22). The minimum Gasteiger partial charge on any atom is -0.462 e. The number of aryl methyl sites for hydroxylation is 1. The van der Waals surface area contributed by atoms with Crippen LogP contribution in [0, 0.1) is 13.8 Å². The molecular weight excluding hydrogens is 336 g/mol. The van der Waals surface area contributed by atoms with Crippen molar-refractivity contribution in [3.8, 4) is 11.5 Å². The lowest BCUT2D eigenvalue weighted by Crippen LogP contribution is -2.26. The van der Waals surface area contributed by atoms with Gasteiger partial charge in [-0.15, -0.1) is 0 Å². The number of fused-ring (bicyclic) bond motifs is 1. The number of ether oxygens (including phenoxy) is 3. The topological polar surface area (TPSA) is 89.7 Å². The SMILES string of the molecule is CCOC(=O)c1c(C)[nH]c(C(=O)NCCc2ccc3c(c2)OCO3)c1C. The normalized spacial score (nSPS) is 12.1. The molecule has 26 heavy (non-hydrogen) atoms. The lowest BCUT2D eigenvalue weighted by atomic mass is 10.1. The molecule has 2 N–H and O–H groups in total. The second-order valence-electron chi connectivity index (χ2n) is 6.04. The van der Waals surface area contributed by atoms with Crippen LogP contribution in [-0.2, 0) is 11.2 Å². The quantitative estimate of drug-likeness (QED) is 0.775. The van der Waals surface area contributed by atoms with Gasteiger partial charge in [-0.1, -0.05) is 6.07 Å². The number of hydrogen-bond acceptors (Lipinski definition) is 5. The molecule has 1 aliphatic rings. The van der Waals surface area contributed by atoms with Gasteiger partial charge in [0.15, 0.2) is 11.5 Å². The van der Waals surface area contributed by atoms with Crippen LogP contribution in [-0.4, -0.2) is 36.8 Å². The Morgan fingerprint density at radius 3 is 2.77 bits per heavy atom. The van der Waals surface area contributed by atoms with E-state index >= 15 is 0 Å². The van der Waals surface area contributed by atoms with Crippen molar-refractivity contribution in [2.75, 3.05) is 19.9 Å². The number of hydrogen-bond donors (Lipinski definition) is 2. The molecule has 0 radical (unpaired) electrons. The third-order valence-electron chi connectivity index (χ3n) is 4.28. The Morgan fingerprint density at radius 1 is 1.23 bits per heavy atom. The Kier molecular flexibility index (Phi) is 5.16. The first-order valence-corrected chi connectivity index (χ1v) is 8.54. The van der Waals surface area contributed by atoms with Gasteiger partial charge >= 0.3 is 5.97 Å². The number of amides is 1. The maximum atomic E-state index is 12.4. The summed E-state index contributed by atoms with van der Waals surface area (Å²) in [4.78, 5) is 27.5. The van der Waals surface area contributed by atoms with E-state index in [1.807, 2.05) is 18.2 Å². The molecule has 0 saturated heterocycles. The number of nitrogens with one attached hydrogen (secondary N) is 2. The number of carbonyl (C=O) groups is 2. The van der Waals surface area contributed by atoms with Gasteiger partial charge in [-0.05, 0) is 50.5 Å². The van der Waals surface area contributed by atoms with Gasteiger partial charge in [0.25, 0.3) is 5.91 Å². The monoisotopic (exact) mass is 358 g/mol. The molecule has 1 aromatic carbocycles. The first-order chi connectivity index (χ1) is 12.5. The molecule has 0 spiro atoms. The van der Waals surface area contributed by atoms with Crippen LogP contribution in [0.4, 0.5) is 0 Å². The zero-order chi connectivity index (χ0) is 18.7. The summed E-state index contributed by atoms with van der Waals surface area (Å²) < 4.78 is 15.7. The van der Waals surface area contributed by atoms with E-state index in [0.717, 1.165) is 17.1 Å². The Balaban J connectivity index is 1.62. The van der Waals surface area contributed by atoms with E-state index in [4.69, 9.17) is 14.2 Å². The fourth-order valence-electron chi connectivity index (χ4n) is 2.99. The zero-order valence-corrected chi connectivity index (χ0v) is 15.1. The molecule has 1 amide bonds. The van der Waals surface area contributed by atoms with Gasteiger partial charge in [0.05, 0.1) is 12.2 Å². The molecule has 2 aromatic rings. The van der Waals surface area contributed by atoms with Crippen LogP contribution < -0.4 is 14.8 Å². The summed E-state index contributed by atoms with van der Waals surface area (Å²) in [6.07, 6.45) is 0.659. The summed E-state index contributed by atoms with van der Waals surface area (Å²) in [7, 11) is 0. The highest BCUT2D eigenvalue weighted by molar-refractivity contribution is 6.00. The number of rotatable bonds is 6. The molecule has 1 aliphatic heterocycles. The summed E-state index contributed by atoms with van der Waals surface area (Å²) in [5, 5.41) is 2.87. The fraction of sp³-hybridized carbons (Fsp3) is 0.368. The van der Waals surface area contributed by atoms with Gasteiger partial charge in [0.2, 0.25) is 6.79 Å². The first kappa shape index (κ1) is 17.8. The highest BCUT2D eigenvalue weighted by Gasteiger charge is 2.22. The van der Waals surface area contributed by atoms with Crippen LogP contribution in [0.15, 0.2) is 18.2 Å². The second-order valence-corrected chi connectivity index (χ2v) is 6.04. The maximum Gasteiger partial charge on any atom is 0.340 e. The van der Waals surface area contributed by atoms with E-state index < -0.39 is 5.97 Å². The number of aromatic amines is 1. The summed E-state index contributed by atoms with van der Waals surface area (Å²) in [5.74, 6) is 0.797. The van der Waals surface area contributed by atoms with Crippen LogP contribution >= 0.6 is 0 Å². The molecule has 0 aliphatic carbocycles. The molecule has 0 unspecified atom stereocenters. The number of aromatic nitrogens is 1. The molecule has 1 aromatic heterocycles. The van der Waals surface area contributed by atoms with Crippen molar-refractivity contribution in [3.63, 3.8) is 0 Å². The number of esters is 1. The van der Waals surface area contributed by atoms with E-state index in [2.05, 4.69) is 10.3 Å². The van der Waals surface area contributed by atoms with Gasteiger partial charge in [-0.25, -0.2) is 4.79 Å². The molecular formula is C19H22N2O5. The molecule has 7 heteroatoms. The van der Waals surface area contributed by atoms with Crippen molar-refractivity contribution in [2.24, 2.45) is 0 Å². The molecule has 7 nitrogen and oxygen atoms in total. The predicted molar refractivity (Wildman–Crippen MR) is 94.8 cm³/mol. The van der Waals surface area contributed by atoms with E-state index in [1.165, 1.54) is 0 Å². The van der Waals surface area contributed by atoms with Crippen LogP contribution in [0.5, 0.6) is 11.5 Å². The van der Waals surface area contributed by atoms with E-state index in [1.54, 1.807) is 20.8 Å². The van der Waals surface area contributed by atoms with Crippen LogP contribution in [0.1, 0.15) is 44.6 Å². The van der Waals surface area contributed by atoms with Crippen molar-refractivity contribution in [3.05, 3.63) is 46.3 Å². The average Bonchev–Trinajstić information content (AvgIpc) is 3.18. The molecule has 138 valence electrons. The van der Waals surface area contributed by atoms with Crippen molar-refractivity contribution in [1.29, 1.82) is 0 Å². The summed E-state index contributed by atoms with van der Waals surface area (Å²) in [5.41, 5.74) is 3.08.